The zero-order valence-electron chi connectivity index (χ0n) is 19.7. The lowest BCUT2D eigenvalue weighted by atomic mass is 9.93. The molecule has 0 spiro atoms. The fourth-order valence-electron chi connectivity index (χ4n) is 4.58. The first-order valence-corrected chi connectivity index (χ1v) is 12.8. The summed E-state index contributed by atoms with van der Waals surface area (Å²) in [5.74, 6) is -0.368. The lowest BCUT2D eigenvalue weighted by molar-refractivity contribution is -0.143. The highest BCUT2D eigenvalue weighted by atomic mass is 32.1. The van der Waals surface area contributed by atoms with E-state index in [1.807, 2.05) is 54.5 Å². The molecule has 3 aromatic rings. The number of carbonyl (C=O) groups is 2. The van der Waals surface area contributed by atoms with Crippen LogP contribution in [0.2, 0.25) is 0 Å². The molecule has 2 atom stereocenters. The zero-order chi connectivity index (χ0) is 24.1. The summed E-state index contributed by atoms with van der Waals surface area (Å²) in [5.41, 5.74) is 3.10. The molecule has 0 bridgehead atoms. The highest BCUT2D eigenvalue weighted by molar-refractivity contribution is 7.10. The Morgan fingerprint density at radius 1 is 1.12 bits per heavy atom. The summed E-state index contributed by atoms with van der Waals surface area (Å²) in [5, 5.41) is 2.05. The van der Waals surface area contributed by atoms with Crippen molar-refractivity contribution in [3.8, 4) is 0 Å². The van der Waals surface area contributed by atoms with Gasteiger partial charge in [-0.25, -0.2) is 4.39 Å². The summed E-state index contributed by atoms with van der Waals surface area (Å²) in [6.45, 7) is 4.67. The molecule has 0 fully saturated rings. The molecule has 0 N–H and O–H groups in total. The van der Waals surface area contributed by atoms with Gasteiger partial charge in [-0.3, -0.25) is 9.59 Å². The third-order valence-corrected chi connectivity index (χ3v) is 7.69. The van der Waals surface area contributed by atoms with Gasteiger partial charge in [0.25, 0.3) is 0 Å². The van der Waals surface area contributed by atoms with Crippen LogP contribution in [0.15, 0.2) is 66.0 Å². The van der Waals surface area contributed by atoms with Gasteiger partial charge in [0.05, 0.1) is 6.04 Å². The van der Waals surface area contributed by atoms with Crippen LogP contribution < -0.4 is 0 Å². The van der Waals surface area contributed by atoms with Gasteiger partial charge >= 0.3 is 0 Å². The number of amides is 2. The fourth-order valence-corrected chi connectivity index (χ4v) is 5.48. The normalized spacial score (nSPS) is 16.1. The van der Waals surface area contributed by atoms with E-state index in [-0.39, 0.29) is 36.3 Å². The van der Waals surface area contributed by atoms with Gasteiger partial charge in [0, 0.05) is 23.9 Å². The highest BCUT2D eigenvalue weighted by Crippen LogP contribution is 2.38. The van der Waals surface area contributed by atoms with Gasteiger partial charge in [-0.1, -0.05) is 49.4 Å². The molecule has 2 aromatic carbocycles. The van der Waals surface area contributed by atoms with Crippen molar-refractivity contribution in [1.82, 2.24) is 9.80 Å². The molecule has 4 rings (SSSR count). The summed E-state index contributed by atoms with van der Waals surface area (Å²) in [6.07, 6.45) is 2.60. The lowest BCUT2D eigenvalue weighted by Gasteiger charge is -2.38. The fraction of sp³-hybridized carbons (Fsp3) is 0.357. The minimum atomic E-state index is -0.296. The maximum atomic E-state index is 13.7. The van der Waals surface area contributed by atoms with Gasteiger partial charge in [-0.2, -0.15) is 0 Å². The van der Waals surface area contributed by atoms with Gasteiger partial charge < -0.3 is 9.80 Å². The number of thiophene rings is 1. The first kappa shape index (κ1) is 24.1. The number of carbonyl (C=O) groups excluding carboxylic acids is 2. The first-order valence-electron chi connectivity index (χ1n) is 11.9. The molecular weight excluding hydrogens is 447 g/mol. The van der Waals surface area contributed by atoms with Crippen LogP contribution in [-0.2, 0) is 22.4 Å². The molecule has 1 aliphatic heterocycles. The Morgan fingerprint density at radius 2 is 1.85 bits per heavy atom. The molecule has 4 nitrogen and oxygen atoms in total. The van der Waals surface area contributed by atoms with Crippen molar-refractivity contribution in [3.05, 3.63) is 93.4 Å². The predicted molar refractivity (Wildman–Crippen MR) is 134 cm³/mol. The van der Waals surface area contributed by atoms with Crippen molar-refractivity contribution in [1.29, 1.82) is 0 Å². The van der Waals surface area contributed by atoms with Gasteiger partial charge in [0.15, 0.2) is 0 Å². The van der Waals surface area contributed by atoms with Crippen molar-refractivity contribution in [2.24, 2.45) is 0 Å². The Morgan fingerprint density at radius 3 is 2.56 bits per heavy atom. The number of aryl methyl sites for hydroxylation is 1. The molecular formula is C28H31FN2O2S. The van der Waals surface area contributed by atoms with E-state index in [4.69, 9.17) is 0 Å². The first-order chi connectivity index (χ1) is 16.5. The van der Waals surface area contributed by atoms with Crippen LogP contribution in [0, 0.1) is 5.82 Å². The molecule has 34 heavy (non-hydrogen) atoms. The maximum absolute atomic E-state index is 13.7. The average Bonchev–Trinajstić information content (AvgIpc) is 3.35. The summed E-state index contributed by atoms with van der Waals surface area (Å²) in [6, 6.07) is 18.1. The Hall–Kier alpha value is -2.99. The second-order valence-corrected chi connectivity index (χ2v) is 9.86. The molecule has 2 heterocycles. The average molecular weight is 479 g/mol. The van der Waals surface area contributed by atoms with Crippen LogP contribution >= 0.6 is 11.3 Å². The second kappa shape index (κ2) is 11.0. The quantitative estimate of drug-likeness (QED) is 0.422. The number of hydrogen-bond donors (Lipinski definition) is 0. The third kappa shape index (κ3) is 5.39. The number of fused-ring (bicyclic) bond motifs is 1. The van der Waals surface area contributed by atoms with Gasteiger partial charge in [-0.15, -0.1) is 11.3 Å². The van der Waals surface area contributed by atoms with E-state index in [0.29, 0.717) is 19.4 Å². The van der Waals surface area contributed by atoms with Crippen molar-refractivity contribution < 1.29 is 14.0 Å². The Bertz CT molecular complexity index is 1110. The van der Waals surface area contributed by atoms with Gasteiger partial charge in [0.2, 0.25) is 11.8 Å². The largest absolute Gasteiger partial charge is 0.331 e. The molecule has 6 heteroatoms. The topological polar surface area (TPSA) is 40.6 Å². The molecule has 0 saturated carbocycles. The Balaban J connectivity index is 1.53. The van der Waals surface area contributed by atoms with Crippen LogP contribution in [0.3, 0.4) is 0 Å². The summed E-state index contributed by atoms with van der Waals surface area (Å²) < 4.78 is 13.6. The smallest absolute Gasteiger partial charge is 0.243 e. The number of benzene rings is 2. The van der Waals surface area contributed by atoms with E-state index in [2.05, 4.69) is 6.07 Å². The molecule has 178 valence electrons. The number of rotatable bonds is 8. The molecule has 0 saturated heterocycles. The van der Waals surface area contributed by atoms with Crippen molar-refractivity contribution >= 4 is 23.2 Å². The molecule has 2 unspecified atom stereocenters. The zero-order valence-corrected chi connectivity index (χ0v) is 20.6. The van der Waals surface area contributed by atoms with Crippen molar-refractivity contribution in [2.45, 2.75) is 51.6 Å². The van der Waals surface area contributed by atoms with Crippen molar-refractivity contribution in [2.75, 3.05) is 13.1 Å². The van der Waals surface area contributed by atoms with Gasteiger partial charge in [0.1, 0.15) is 12.4 Å². The van der Waals surface area contributed by atoms with Crippen LogP contribution in [0.1, 0.15) is 54.3 Å². The van der Waals surface area contributed by atoms with E-state index in [0.717, 1.165) is 29.5 Å². The van der Waals surface area contributed by atoms with Crippen LogP contribution in [0.5, 0.6) is 0 Å². The summed E-state index contributed by atoms with van der Waals surface area (Å²) in [4.78, 5) is 31.7. The molecule has 1 aromatic heterocycles. The number of halogens is 1. The number of nitrogens with zero attached hydrogens (tertiary/aromatic N) is 2. The minimum absolute atomic E-state index is 0.00174. The van der Waals surface area contributed by atoms with Crippen LogP contribution in [-0.4, -0.2) is 40.7 Å². The molecule has 0 aliphatic carbocycles. The maximum Gasteiger partial charge on any atom is 0.243 e. The molecule has 0 radical (unpaired) electrons. The van der Waals surface area contributed by atoms with Gasteiger partial charge in [-0.05, 0) is 66.5 Å². The summed E-state index contributed by atoms with van der Waals surface area (Å²) >= 11 is 1.70. The SMILES string of the molecule is CCC(C)N(CC(=O)N1CCc2sccc2C1c1ccc(F)cc1)C(=O)CCc1ccccc1. The Kier molecular flexibility index (Phi) is 7.78. The monoisotopic (exact) mass is 478 g/mol. The van der Waals surface area contributed by atoms with E-state index in [1.165, 1.54) is 17.0 Å². The molecule has 2 amide bonds. The van der Waals surface area contributed by atoms with E-state index in [9.17, 15) is 14.0 Å². The lowest BCUT2D eigenvalue weighted by Crippen LogP contribution is -2.49. The Labute approximate surface area is 205 Å². The van der Waals surface area contributed by atoms with E-state index >= 15 is 0 Å². The van der Waals surface area contributed by atoms with Crippen LogP contribution in [0.4, 0.5) is 4.39 Å². The standard InChI is InChI=1S/C28H31FN2O2S/c1-3-20(2)31(26(32)14-9-21-7-5-4-6-8-21)19-27(33)30-17-15-25-24(16-18-34-25)28(30)22-10-12-23(29)13-11-22/h4-8,10-13,16,18,20,28H,3,9,14-15,17,19H2,1-2H3. The van der Waals surface area contributed by atoms with E-state index in [1.54, 1.807) is 28.4 Å². The molecule has 1 aliphatic rings. The highest BCUT2D eigenvalue weighted by Gasteiger charge is 2.34. The third-order valence-electron chi connectivity index (χ3n) is 6.69. The van der Waals surface area contributed by atoms with Crippen molar-refractivity contribution in [3.63, 3.8) is 0 Å². The summed E-state index contributed by atoms with van der Waals surface area (Å²) in [7, 11) is 0. The minimum Gasteiger partial charge on any atom is -0.331 e. The predicted octanol–water partition coefficient (Wildman–Crippen LogP) is 5.62. The number of hydrogen-bond acceptors (Lipinski definition) is 3. The second-order valence-electron chi connectivity index (χ2n) is 8.85. The van der Waals surface area contributed by atoms with E-state index < -0.39 is 0 Å². The van der Waals surface area contributed by atoms with Crippen LogP contribution in [0.25, 0.3) is 0 Å².